The lowest BCUT2D eigenvalue weighted by molar-refractivity contribution is -0.0175. The minimum absolute atomic E-state index is 0.225. The fraction of sp³-hybridized carbons (Fsp3) is 0.500. The van der Waals surface area contributed by atoms with Crippen molar-refractivity contribution >= 4 is 12.6 Å². The molecule has 0 radical (unpaired) electrons. The normalized spacial score (nSPS) is 17.8. The van der Waals surface area contributed by atoms with E-state index in [2.05, 4.69) is 24.5 Å². The predicted molar refractivity (Wildman–Crippen MR) is 78.9 cm³/mol. The SMILES string of the molecule is SCCOC1(C#Cc2ccccc2)CCCCC1. The van der Waals surface area contributed by atoms with Gasteiger partial charge in [0.15, 0.2) is 0 Å². The topological polar surface area (TPSA) is 9.23 Å². The first kappa shape index (κ1) is 13.5. The van der Waals surface area contributed by atoms with Gasteiger partial charge in [-0.3, -0.25) is 0 Å². The van der Waals surface area contributed by atoms with E-state index in [0.29, 0.717) is 6.61 Å². The summed E-state index contributed by atoms with van der Waals surface area (Å²) in [6, 6.07) is 10.1. The summed E-state index contributed by atoms with van der Waals surface area (Å²) in [7, 11) is 0. The van der Waals surface area contributed by atoms with Crippen LogP contribution in [-0.4, -0.2) is 18.0 Å². The summed E-state index contributed by atoms with van der Waals surface area (Å²) in [6.45, 7) is 0.687. The van der Waals surface area contributed by atoms with E-state index in [1.54, 1.807) is 0 Å². The number of benzene rings is 1. The second kappa shape index (κ2) is 6.87. The van der Waals surface area contributed by atoms with Gasteiger partial charge in [-0.2, -0.15) is 12.6 Å². The molecule has 1 aromatic carbocycles. The van der Waals surface area contributed by atoms with Crippen LogP contribution in [0.15, 0.2) is 30.3 Å². The van der Waals surface area contributed by atoms with Gasteiger partial charge in [0.05, 0.1) is 6.61 Å². The van der Waals surface area contributed by atoms with Crippen molar-refractivity contribution in [3.63, 3.8) is 0 Å². The van der Waals surface area contributed by atoms with Crippen LogP contribution in [0.4, 0.5) is 0 Å². The van der Waals surface area contributed by atoms with Crippen molar-refractivity contribution in [1.29, 1.82) is 0 Å². The summed E-state index contributed by atoms with van der Waals surface area (Å²) in [4.78, 5) is 0. The van der Waals surface area contributed by atoms with E-state index in [9.17, 15) is 0 Å². The third-order valence-corrected chi connectivity index (χ3v) is 3.52. The van der Waals surface area contributed by atoms with Gasteiger partial charge in [-0.1, -0.05) is 36.5 Å². The van der Waals surface area contributed by atoms with Gasteiger partial charge in [-0.05, 0) is 37.8 Å². The highest BCUT2D eigenvalue weighted by Gasteiger charge is 2.30. The van der Waals surface area contributed by atoms with Crippen LogP contribution in [0, 0.1) is 11.8 Å². The summed E-state index contributed by atoms with van der Waals surface area (Å²) in [5.41, 5.74) is 0.841. The Hall–Kier alpha value is -0.910. The van der Waals surface area contributed by atoms with E-state index in [1.807, 2.05) is 30.3 Å². The van der Waals surface area contributed by atoms with Crippen LogP contribution in [0.2, 0.25) is 0 Å². The minimum atomic E-state index is -0.225. The van der Waals surface area contributed by atoms with E-state index < -0.39 is 0 Å². The highest BCUT2D eigenvalue weighted by molar-refractivity contribution is 7.80. The fourth-order valence-corrected chi connectivity index (χ4v) is 2.47. The van der Waals surface area contributed by atoms with Gasteiger partial charge < -0.3 is 4.74 Å². The molecule has 0 spiro atoms. The van der Waals surface area contributed by atoms with Gasteiger partial charge in [-0.25, -0.2) is 0 Å². The second-order valence-electron chi connectivity index (χ2n) is 4.74. The van der Waals surface area contributed by atoms with Gasteiger partial charge in [0.2, 0.25) is 0 Å². The molecule has 0 N–H and O–H groups in total. The van der Waals surface area contributed by atoms with Crippen LogP contribution in [0.25, 0.3) is 0 Å². The molecule has 0 amide bonds. The smallest absolute Gasteiger partial charge is 0.129 e. The Bertz CT molecular complexity index is 410. The molecule has 1 saturated carbocycles. The van der Waals surface area contributed by atoms with Crippen molar-refractivity contribution < 1.29 is 4.74 Å². The van der Waals surface area contributed by atoms with Crippen molar-refractivity contribution in [2.45, 2.75) is 37.7 Å². The highest BCUT2D eigenvalue weighted by Crippen LogP contribution is 2.31. The number of rotatable bonds is 3. The largest absolute Gasteiger partial charge is 0.362 e. The lowest BCUT2D eigenvalue weighted by atomic mass is 9.85. The summed E-state index contributed by atoms with van der Waals surface area (Å²) in [6.07, 6.45) is 5.85. The Morgan fingerprint density at radius 3 is 2.50 bits per heavy atom. The summed E-state index contributed by atoms with van der Waals surface area (Å²) < 4.78 is 5.99. The molecule has 96 valence electrons. The average molecular weight is 260 g/mol. The molecule has 0 saturated heterocycles. The lowest BCUT2D eigenvalue weighted by Gasteiger charge is -2.32. The molecule has 2 heteroatoms. The Kier molecular flexibility index (Phi) is 5.16. The molecule has 1 nitrogen and oxygen atoms in total. The average Bonchev–Trinajstić information content (AvgIpc) is 2.45. The Labute approximate surface area is 115 Å². The van der Waals surface area contributed by atoms with Crippen LogP contribution in [0.1, 0.15) is 37.7 Å². The maximum Gasteiger partial charge on any atom is 0.129 e. The van der Waals surface area contributed by atoms with Crippen LogP contribution in [-0.2, 0) is 4.74 Å². The molecular weight excluding hydrogens is 240 g/mol. The maximum absolute atomic E-state index is 5.99. The van der Waals surface area contributed by atoms with Gasteiger partial charge in [0, 0.05) is 11.3 Å². The molecule has 1 fully saturated rings. The van der Waals surface area contributed by atoms with Gasteiger partial charge in [0.1, 0.15) is 5.60 Å². The molecule has 1 aromatic rings. The number of hydrogen-bond acceptors (Lipinski definition) is 2. The lowest BCUT2D eigenvalue weighted by Crippen LogP contribution is -2.34. The van der Waals surface area contributed by atoms with Crippen molar-refractivity contribution in [3.8, 4) is 11.8 Å². The molecule has 0 atom stereocenters. The fourth-order valence-electron chi connectivity index (χ4n) is 2.38. The zero-order valence-corrected chi connectivity index (χ0v) is 11.6. The highest BCUT2D eigenvalue weighted by atomic mass is 32.1. The molecule has 0 aliphatic heterocycles. The monoisotopic (exact) mass is 260 g/mol. The Morgan fingerprint density at radius 1 is 1.11 bits per heavy atom. The minimum Gasteiger partial charge on any atom is -0.362 e. The molecule has 0 unspecified atom stereocenters. The number of thiol groups is 1. The molecule has 18 heavy (non-hydrogen) atoms. The third kappa shape index (κ3) is 3.80. The quantitative estimate of drug-likeness (QED) is 0.644. The molecular formula is C16H20OS. The van der Waals surface area contributed by atoms with Gasteiger partial charge in [-0.15, -0.1) is 0 Å². The molecule has 0 bridgehead atoms. The van der Waals surface area contributed by atoms with Crippen molar-refractivity contribution in [2.75, 3.05) is 12.4 Å². The molecule has 1 aliphatic rings. The second-order valence-corrected chi connectivity index (χ2v) is 5.19. The van der Waals surface area contributed by atoms with Crippen molar-refractivity contribution in [1.82, 2.24) is 0 Å². The van der Waals surface area contributed by atoms with Gasteiger partial charge >= 0.3 is 0 Å². The first-order chi connectivity index (χ1) is 8.85. The molecule has 1 aliphatic carbocycles. The third-order valence-electron chi connectivity index (χ3n) is 3.34. The van der Waals surface area contributed by atoms with E-state index in [-0.39, 0.29) is 5.60 Å². The molecule has 0 aromatic heterocycles. The van der Waals surface area contributed by atoms with Crippen LogP contribution in [0.5, 0.6) is 0 Å². The van der Waals surface area contributed by atoms with E-state index in [1.165, 1.54) is 19.3 Å². The van der Waals surface area contributed by atoms with Crippen LogP contribution in [0.3, 0.4) is 0 Å². The Balaban J connectivity index is 2.12. The van der Waals surface area contributed by atoms with E-state index in [4.69, 9.17) is 4.74 Å². The predicted octanol–water partition coefficient (Wildman–Crippen LogP) is 3.69. The summed E-state index contributed by atoms with van der Waals surface area (Å²) in [5.74, 6) is 7.40. The standard InChI is InChI=1S/C16H20OS/c18-14-13-17-16(10-5-2-6-11-16)12-9-15-7-3-1-4-8-15/h1,3-4,7-8,18H,2,5-6,10-11,13-14H2. The van der Waals surface area contributed by atoms with Crippen molar-refractivity contribution in [3.05, 3.63) is 35.9 Å². The van der Waals surface area contributed by atoms with Crippen LogP contribution < -0.4 is 0 Å². The summed E-state index contributed by atoms with van der Waals surface area (Å²) >= 11 is 4.22. The first-order valence-electron chi connectivity index (χ1n) is 6.68. The van der Waals surface area contributed by atoms with E-state index >= 15 is 0 Å². The van der Waals surface area contributed by atoms with E-state index in [0.717, 1.165) is 24.2 Å². The number of hydrogen-bond donors (Lipinski definition) is 1. The molecule has 0 heterocycles. The summed E-state index contributed by atoms with van der Waals surface area (Å²) in [5, 5.41) is 0. The zero-order chi connectivity index (χ0) is 12.7. The molecule has 2 rings (SSSR count). The van der Waals surface area contributed by atoms with Crippen molar-refractivity contribution in [2.24, 2.45) is 0 Å². The maximum atomic E-state index is 5.99. The zero-order valence-electron chi connectivity index (χ0n) is 10.7. The first-order valence-corrected chi connectivity index (χ1v) is 7.31. The Morgan fingerprint density at radius 2 is 1.83 bits per heavy atom. The van der Waals surface area contributed by atoms with Crippen LogP contribution >= 0.6 is 12.6 Å². The van der Waals surface area contributed by atoms with Gasteiger partial charge in [0.25, 0.3) is 0 Å². The number of ether oxygens (including phenoxy) is 1.